The van der Waals surface area contributed by atoms with Gasteiger partial charge in [-0.25, -0.2) is 0 Å². The van der Waals surface area contributed by atoms with Crippen molar-refractivity contribution in [2.75, 3.05) is 0 Å². The first kappa shape index (κ1) is 16.5. The first-order valence-electron chi connectivity index (χ1n) is 7.44. The largest absolute Gasteiger partial charge is 0.335 e. The van der Waals surface area contributed by atoms with E-state index < -0.39 is 5.38 Å². The van der Waals surface area contributed by atoms with Gasteiger partial charge in [0.25, 0.3) is 0 Å². The molecule has 2 aromatic rings. The average molecular weight is 317 g/mol. The van der Waals surface area contributed by atoms with E-state index in [0.717, 1.165) is 16.8 Å². The van der Waals surface area contributed by atoms with E-state index in [1.807, 2.05) is 56.3 Å². The monoisotopic (exact) mass is 316 g/mol. The molecular weight excluding hydrogens is 296 g/mol. The molecule has 4 heteroatoms. The van der Waals surface area contributed by atoms with Gasteiger partial charge in [0.05, 0.1) is 5.69 Å². The van der Waals surface area contributed by atoms with Gasteiger partial charge < -0.3 is 4.90 Å². The smallest absolute Gasteiger partial charge is 0.240 e. The van der Waals surface area contributed by atoms with Crippen molar-refractivity contribution in [3.8, 4) is 11.3 Å². The number of pyridine rings is 1. The van der Waals surface area contributed by atoms with E-state index in [1.54, 1.807) is 18.0 Å². The van der Waals surface area contributed by atoms with E-state index in [2.05, 4.69) is 4.98 Å². The molecule has 3 nitrogen and oxygen atoms in total. The minimum atomic E-state index is -0.524. The Bertz CT molecular complexity index is 626. The molecule has 0 aliphatic heterocycles. The third kappa shape index (κ3) is 3.86. The second-order valence-corrected chi connectivity index (χ2v) is 6.20. The van der Waals surface area contributed by atoms with E-state index in [0.29, 0.717) is 6.54 Å². The Morgan fingerprint density at radius 1 is 1.14 bits per heavy atom. The summed E-state index contributed by atoms with van der Waals surface area (Å²) >= 11 is 5.99. The Hall–Kier alpha value is -1.87. The number of amides is 1. The van der Waals surface area contributed by atoms with Gasteiger partial charge in [0, 0.05) is 24.3 Å². The molecule has 0 aliphatic rings. The van der Waals surface area contributed by atoms with Crippen molar-refractivity contribution in [1.82, 2.24) is 9.88 Å². The third-order valence-electron chi connectivity index (χ3n) is 3.55. The maximum atomic E-state index is 12.3. The summed E-state index contributed by atoms with van der Waals surface area (Å²) in [7, 11) is 0. The van der Waals surface area contributed by atoms with Crippen LogP contribution in [0.5, 0.6) is 0 Å². The lowest BCUT2D eigenvalue weighted by molar-refractivity contribution is -0.132. The number of hydrogen-bond donors (Lipinski definition) is 0. The molecular formula is C18H21ClN2O. The van der Waals surface area contributed by atoms with Crippen molar-refractivity contribution in [2.45, 2.75) is 38.7 Å². The van der Waals surface area contributed by atoms with Crippen LogP contribution in [0.2, 0.25) is 0 Å². The molecule has 0 spiro atoms. The van der Waals surface area contributed by atoms with E-state index in [9.17, 15) is 4.79 Å². The Balaban J connectivity index is 2.35. The molecule has 0 bridgehead atoms. The van der Waals surface area contributed by atoms with Crippen LogP contribution >= 0.6 is 11.6 Å². The van der Waals surface area contributed by atoms with Gasteiger partial charge >= 0.3 is 0 Å². The zero-order valence-electron chi connectivity index (χ0n) is 13.2. The average Bonchev–Trinajstić information content (AvgIpc) is 2.52. The number of nitrogens with zero attached hydrogens (tertiary/aromatic N) is 2. The lowest BCUT2D eigenvalue weighted by atomic mass is 10.0. The highest BCUT2D eigenvalue weighted by Crippen LogP contribution is 2.24. The Morgan fingerprint density at radius 3 is 2.41 bits per heavy atom. The number of aromatic nitrogens is 1. The zero-order chi connectivity index (χ0) is 16.1. The van der Waals surface area contributed by atoms with E-state index in [1.165, 1.54) is 0 Å². The molecule has 22 heavy (non-hydrogen) atoms. The molecule has 0 fully saturated rings. The third-order valence-corrected chi connectivity index (χ3v) is 3.73. The molecule has 0 saturated carbocycles. The second-order valence-electron chi connectivity index (χ2n) is 5.55. The highest BCUT2D eigenvalue weighted by atomic mass is 35.5. The van der Waals surface area contributed by atoms with Gasteiger partial charge in [0.1, 0.15) is 5.38 Å². The maximum Gasteiger partial charge on any atom is 0.240 e. The van der Waals surface area contributed by atoms with Gasteiger partial charge in [0.2, 0.25) is 5.91 Å². The van der Waals surface area contributed by atoms with E-state index in [-0.39, 0.29) is 11.9 Å². The number of halogens is 1. The van der Waals surface area contributed by atoms with E-state index >= 15 is 0 Å². The Kier molecular flexibility index (Phi) is 5.56. The molecule has 0 saturated heterocycles. The predicted molar refractivity (Wildman–Crippen MR) is 90.7 cm³/mol. The predicted octanol–water partition coefficient (Wildman–Crippen LogP) is 4.11. The maximum absolute atomic E-state index is 12.3. The Labute approximate surface area is 136 Å². The molecule has 1 atom stereocenters. The second kappa shape index (κ2) is 7.41. The molecule has 116 valence electrons. The fourth-order valence-electron chi connectivity index (χ4n) is 2.36. The standard InChI is InChI=1S/C18H21ClN2O/c1-13(2)21(18(22)14(3)19)12-15-8-4-5-9-16(15)17-10-6-7-11-20-17/h4-11,13-14H,12H2,1-3H3. The topological polar surface area (TPSA) is 33.2 Å². The van der Waals surface area contributed by atoms with Crippen molar-refractivity contribution >= 4 is 17.5 Å². The normalized spacial score (nSPS) is 12.2. The molecule has 0 radical (unpaired) electrons. The van der Waals surface area contributed by atoms with Crippen molar-refractivity contribution in [1.29, 1.82) is 0 Å². The number of carbonyl (C=O) groups excluding carboxylic acids is 1. The minimum absolute atomic E-state index is 0.0486. The lowest BCUT2D eigenvalue weighted by Crippen LogP contribution is -2.40. The van der Waals surface area contributed by atoms with Crippen LogP contribution in [0.15, 0.2) is 48.7 Å². The molecule has 0 N–H and O–H groups in total. The fourth-order valence-corrected chi connectivity index (χ4v) is 2.48. The van der Waals surface area contributed by atoms with Gasteiger partial charge in [0.15, 0.2) is 0 Å². The first-order valence-corrected chi connectivity index (χ1v) is 7.88. The summed E-state index contributed by atoms with van der Waals surface area (Å²) in [6, 6.07) is 14.0. The first-order chi connectivity index (χ1) is 10.5. The highest BCUT2D eigenvalue weighted by Gasteiger charge is 2.22. The quantitative estimate of drug-likeness (QED) is 0.778. The molecule has 1 amide bonds. The molecule has 2 rings (SSSR count). The molecule has 1 aromatic carbocycles. The highest BCUT2D eigenvalue weighted by molar-refractivity contribution is 6.30. The Morgan fingerprint density at radius 2 is 1.82 bits per heavy atom. The van der Waals surface area contributed by atoms with Crippen LogP contribution in [0.1, 0.15) is 26.3 Å². The van der Waals surface area contributed by atoms with Crippen LogP contribution in [0.25, 0.3) is 11.3 Å². The van der Waals surface area contributed by atoms with E-state index in [4.69, 9.17) is 11.6 Å². The SMILES string of the molecule is CC(Cl)C(=O)N(Cc1ccccc1-c1ccccn1)C(C)C. The van der Waals surface area contributed by atoms with Crippen LogP contribution in [0.3, 0.4) is 0 Å². The number of hydrogen-bond acceptors (Lipinski definition) is 2. The summed E-state index contributed by atoms with van der Waals surface area (Å²) in [4.78, 5) is 18.5. The summed E-state index contributed by atoms with van der Waals surface area (Å²) in [6.07, 6.45) is 1.78. The van der Waals surface area contributed by atoms with Crippen molar-refractivity contribution < 1.29 is 4.79 Å². The van der Waals surface area contributed by atoms with Crippen LogP contribution < -0.4 is 0 Å². The van der Waals surface area contributed by atoms with Crippen molar-refractivity contribution in [2.24, 2.45) is 0 Å². The number of carbonyl (C=O) groups is 1. The van der Waals surface area contributed by atoms with Gasteiger partial charge in [-0.2, -0.15) is 0 Å². The lowest BCUT2D eigenvalue weighted by Gasteiger charge is -2.28. The van der Waals surface area contributed by atoms with Gasteiger partial charge in [-0.1, -0.05) is 30.3 Å². The van der Waals surface area contributed by atoms with Gasteiger partial charge in [-0.05, 0) is 38.5 Å². The zero-order valence-corrected chi connectivity index (χ0v) is 13.9. The number of rotatable bonds is 5. The molecule has 1 unspecified atom stereocenters. The molecule has 1 aromatic heterocycles. The van der Waals surface area contributed by atoms with Crippen LogP contribution in [-0.4, -0.2) is 27.2 Å². The summed E-state index contributed by atoms with van der Waals surface area (Å²) in [5, 5.41) is -0.524. The van der Waals surface area contributed by atoms with Crippen molar-refractivity contribution in [3.63, 3.8) is 0 Å². The fraction of sp³-hybridized carbons (Fsp3) is 0.333. The van der Waals surface area contributed by atoms with Crippen LogP contribution in [0, 0.1) is 0 Å². The summed E-state index contributed by atoms with van der Waals surface area (Å²) in [5.74, 6) is -0.0486. The minimum Gasteiger partial charge on any atom is -0.335 e. The van der Waals surface area contributed by atoms with Gasteiger partial charge in [-0.3, -0.25) is 9.78 Å². The van der Waals surface area contributed by atoms with Crippen LogP contribution in [0.4, 0.5) is 0 Å². The number of alkyl halides is 1. The van der Waals surface area contributed by atoms with Crippen LogP contribution in [-0.2, 0) is 11.3 Å². The summed E-state index contributed by atoms with van der Waals surface area (Å²) in [6.45, 7) is 6.24. The summed E-state index contributed by atoms with van der Waals surface area (Å²) in [5.41, 5.74) is 3.03. The van der Waals surface area contributed by atoms with Gasteiger partial charge in [-0.15, -0.1) is 11.6 Å². The number of benzene rings is 1. The summed E-state index contributed by atoms with van der Waals surface area (Å²) < 4.78 is 0. The molecule has 0 aliphatic carbocycles. The molecule has 1 heterocycles. The van der Waals surface area contributed by atoms with Crippen molar-refractivity contribution in [3.05, 3.63) is 54.2 Å².